The number of benzene rings is 2. The first-order valence-electron chi connectivity index (χ1n) is 9.56. The summed E-state index contributed by atoms with van der Waals surface area (Å²) in [4.78, 5) is 23.3. The number of aromatic amines is 2. The van der Waals surface area contributed by atoms with Gasteiger partial charge >= 0.3 is 0 Å². The molecule has 0 radical (unpaired) electrons. The van der Waals surface area contributed by atoms with E-state index in [0.29, 0.717) is 5.56 Å². The summed E-state index contributed by atoms with van der Waals surface area (Å²) in [5.41, 5.74) is 10.6. The maximum Gasteiger partial charge on any atom is 0.250 e. The number of thiophene rings is 1. The van der Waals surface area contributed by atoms with Crippen molar-refractivity contribution in [1.82, 2.24) is 15.0 Å². The number of H-pyrrole nitrogens is 2. The lowest BCUT2D eigenvalue weighted by molar-refractivity contribution is 0.100. The van der Waals surface area contributed by atoms with E-state index in [1.807, 2.05) is 48.7 Å². The van der Waals surface area contributed by atoms with E-state index in [4.69, 9.17) is 5.73 Å². The van der Waals surface area contributed by atoms with Crippen LogP contribution in [0.3, 0.4) is 0 Å². The van der Waals surface area contributed by atoms with Crippen molar-refractivity contribution in [2.24, 2.45) is 5.73 Å². The number of hydrogen-bond acceptors (Lipinski definition) is 3. The van der Waals surface area contributed by atoms with Gasteiger partial charge in [0.2, 0.25) is 0 Å². The van der Waals surface area contributed by atoms with Gasteiger partial charge in [-0.25, -0.2) is 4.98 Å². The Balaban J connectivity index is 1.64. The predicted molar refractivity (Wildman–Crippen MR) is 123 cm³/mol. The molecule has 1 amide bonds. The predicted octanol–water partition coefficient (Wildman–Crippen LogP) is 5.69. The van der Waals surface area contributed by atoms with Crippen molar-refractivity contribution < 1.29 is 4.79 Å². The van der Waals surface area contributed by atoms with Crippen LogP contribution < -0.4 is 5.73 Å². The van der Waals surface area contributed by atoms with Gasteiger partial charge in [0, 0.05) is 54.8 Å². The summed E-state index contributed by atoms with van der Waals surface area (Å²) in [6.45, 7) is 0. The normalized spacial score (nSPS) is 11.6. The zero-order valence-corrected chi connectivity index (χ0v) is 16.6. The highest BCUT2D eigenvalue weighted by Crippen LogP contribution is 2.41. The van der Waals surface area contributed by atoms with Gasteiger partial charge < -0.3 is 15.7 Å². The summed E-state index contributed by atoms with van der Waals surface area (Å²) >= 11 is 1.73. The number of fused-ring (bicyclic) bond motifs is 4. The average Bonchev–Trinajstić information content (AvgIpc) is 3.49. The number of carbonyl (C=O) groups is 1. The van der Waals surface area contributed by atoms with Gasteiger partial charge in [-0.1, -0.05) is 36.4 Å². The molecule has 4 N–H and O–H groups in total. The Kier molecular flexibility index (Phi) is 3.57. The SMILES string of the molecule is NC(=O)c1cc(-c2ccnc3[nH]ccc23)[nH]c1-c1cccc2c1sc1ccccc12. The molecule has 0 saturated carbocycles. The van der Waals surface area contributed by atoms with E-state index < -0.39 is 5.91 Å². The standard InChI is InChI=1S/C24H16N4OS/c25-23(29)18-12-19(13-8-10-26-24-16(13)9-11-27-24)28-21(18)17-6-3-5-15-14-4-1-2-7-20(14)30-22(15)17/h1-12,28H,(H2,25,29)(H,26,27). The van der Waals surface area contributed by atoms with Crippen LogP contribution in [-0.2, 0) is 0 Å². The molecule has 4 aromatic heterocycles. The fourth-order valence-corrected chi connectivity index (χ4v) is 5.37. The minimum absolute atomic E-state index is 0.454. The molecule has 0 saturated heterocycles. The molecule has 2 aromatic carbocycles. The van der Waals surface area contributed by atoms with Gasteiger partial charge in [0.25, 0.3) is 5.91 Å². The largest absolute Gasteiger partial charge is 0.366 e. The second-order valence-electron chi connectivity index (χ2n) is 7.21. The molecule has 0 aliphatic carbocycles. The first-order valence-corrected chi connectivity index (χ1v) is 10.4. The van der Waals surface area contributed by atoms with Gasteiger partial charge in [-0.15, -0.1) is 11.3 Å². The van der Waals surface area contributed by atoms with E-state index in [2.05, 4.69) is 33.2 Å². The van der Waals surface area contributed by atoms with Crippen molar-refractivity contribution in [2.45, 2.75) is 0 Å². The first-order chi connectivity index (χ1) is 14.7. The van der Waals surface area contributed by atoms with Gasteiger partial charge in [0.05, 0.1) is 11.3 Å². The highest BCUT2D eigenvalue weighted by Gasteiger charge is 2.20. The Hall–Kier alpha value is -3.90. The van der Waals surface area contributed by atoms with Crippen molar-refractivity contribution in [3.8, 4) is 22.5 Å². The van der Waals surface area contributed by atoms with Crippen LogP contribution in [0.15, 0.2) is 73.1 Å². The number of amides is 1. The van der Waals surface area contributed by atoms with Crippen LogP contribution in [0.1, 0.15) is 10.4 Å². The molecule has 0 aliphatic rings. The van der Waals surface area contributed by atoms with E-state index in [1.54, 1.807) is 17.5 Å². The second-order valence-corrected chi connectivity index (χ2v) is 8.27. The molecule has 0 atom stereocenters. The molecule has 144 valence electrons. The average molecular weight is 408 g/mol. The summed E-state index contributed by atoms with van der Waals surface area (Å²) in [5.74, 6) is -0.454. The highest BCUT2D eigenvalue weighted by atomic mass is 32.1. The Morgan fingerprint density at radius 1 is 0.933 bits per heavy atom. The van der Waals surface area contributed by atoms with E-state index >= 15 is 0 Å². The minimum Gasteiger partial charge on any atom is -0.366 e. The molecule has 6 heteroatoms. The number of carbonyl (C=O) groups excluding carboxylic acids is 1. The first kappa shape index (κ1) is 17.0. The lowest BCUT2D eigenvalue weighted by atomic mass is 10.0. The number of nitrogens with one attached hydrogen (secondary N) is 2. The van der Waals surface area contributed by atoms with E-state index in [1.165, 1.54) is 15.5 Å². The number of nitrogens with zero attached hydrogens (tertiary/aromatic N) is 1. The molecule has 0 aliphatic heterocycles. The molecule has 0 bridgehead atoms. The summed E-state index contributed by atoms with van der Waals surface area (Å²) in [6, 6.07) is 20.3. The van der Waals surface area contributed by atoms with E-state index in [9.17, 15) is 4.79 Å². The van der Waals surface area contributed by atoms with Crippen molar-refractivity contribution >= 4 is 48.4 Å². The fraction of sp³-hybridized carbons (Fsp3) is 0. The number of primary amides is 1. The van der Waals surface area contributed by atoms with Crippen molar-refractivity contribution in [2.75, 3.05) is 0 Å². The summed E-state index contributed by atoms with van der Waals surface area (Å²) in [6.07, 6.45) is 3.61. The molecule has 5 nitrogen and oxygen atoms in total. The quantitative estimate of drug-likeness (QED) is 0.351. The minimum atomic E-state index is -0.454. The van der Waals surface area contributed by atoms with Crippen LogP contribution in [0.2, 0.25) is 0 Å². The van der Waals surface area contributed by atoms with Crippen LogP contribution in [0, 0.1) is 0 Å². The Morgan fingerprint density at radius 3 is 2.70 bits per heavy atom. The maximum atomic E-state index is 12.3. The van der Waals surface area contributed by atoms with Gasteiger partial charge in [-0.2, -0.15) is 0 Å². The van der Waals surface area contributed by atoms with Crippen LogP contribution in [-0.4, -0.2) is 20.9 Å². The van der Waals surface area contributed by atoms with Crippen LogP contribution in [0.5, 0.6) is 0 Å². The molecule has 30 heavy (non-hydrogen) atoms. The number of hydrogen-bond donors (Lipinski definition) is 3. The molecule has 0 spiro atoms. The number of rotatable bonds is 3. The monoisotopic (exact) mass is 408 g/mol. The molecule has 0 unspecified atom stereocenters. The third kappa shape index (κ3) is 2.41. The lowest BCUT2D eigenvalue weighted by Crippen LogP contribution is -2.11. The Morgan fingerprint density at radius 2 is 1.80 bits per heavy atom. The Bertz CT molecular complexity index is 1590. The molecular weight excluding hydrogens is 392 g/mol. The third-order valence-electron chi connectivity index (χ3n) is 5.51. The highest BCUT2D eigenvalue weighted by molar-refractivity contribution is 7.26. The maximum absolute atomic E-state index is 12.3. The molecule has 0 fully saturated rings. The third-order valence-corrected chi connectivity index (χ3v) is 6.73. The van der Waals surface area contributed by atoms with Crippen LogP contribution in [0.25, 0.3) is 53.7 Å². The fourth-order valence-electron chi connectivity index (χ4n) is 4.15. The van der Waals surface area contributed by atoms with Crippen LogP contribution in [0.4, 0.5) is 0 Å². The second kappa shape index (κ2) is 6.30. The van der Waals surface area contributed by atoms with Gasteiger partial charge in [0.1, 0.15) is 5.65 Å². The number of pyridine rings is 1. The van der Waals surface area contributed by atoms with Gasteiger partial charge in [0.15, 0.2) is 0 Å². The lowest BCUT2D eigenvalue weighted by Gasteiger charge is -2.04. The number of nitrogens with two attached hydrogens (primary N) is 1. The topological polar surface area (TPSA) is 87.6 Å². The summed E-state index contributed by atoms with van der Waals surface area (Å²) in [5, 5.41) is 3.38. The molecular formula is C24H16N4OS. The smallest absolute Gasteiger partial charge is 0.250 e. The summed E-state index contributed by atoms with van der Waals surface area (Å²) in [7, 11) is 0. The molecule has 6 aromatic rings. The van der Waals surface area contributed by atoms with Crippen molar-refractivity contribution in [3.63, 3.8) is 0 Å². The number of aromatic nitrogens is 3. The molecule has 6 rings (SSSR count). The van der Waals surface area contributed by atoms with Gasteiger partial charge in [-0.3, -0.25) is 4.79 Å². The van der Waals surface area contributed by atoms with Crippen molar-refractivity contribution in [1.29, 1.82) is 0 Å². The Labute approximate surface area is 175 Å². The zero-order valence-electron chi connectivity index (χ0n) is 15.8. The zero-order chi connectivity index (χ0) is 20.2. The van der Waals surface area contributed by atoms with Crippen molar-refractivity contribution in [3.05, 3.63) is 78.6 Å². The van der Waals surface area contributed by atoms with Crippen LogP contribution >= 0.6 is 11.3 Å². The van der Waals surface area contributed by atoms with Gasteiger partial charge in [-0.05, 0) is 24.3 Å². The van der Waals surface area contributed by atoms with E-state index in [-0.39, 0.29) is 0 Å². The molecule has 4 heterocycles. The van der Waals surface area contributed by atoms with E-state index in [0.717, 1.165) is 38.2 Å². The summed E-state index contributed by atoms with van der Waals surface area (Å²) < 4.78 is 2.35.